The quantitative estimate of drug-likeness (QED) is 0.0378. The lowest BCUT2D eigenvalue weighted by Gasteiger charge is -2.15. The highest BCUT2D eigenvalue weighted by molar-refractivity contribution is 5.70. The summed E-state index contributed by atoms with van der Waals surface area (Å²) in [7, 11) is 0. The molecular weight excluding hydrogens is 717 g/mol. The van der Waals surface area contributed by atoms with Crippen LogP contribution in [0, 0.1) is 0 Å². The highest BCUT2D eigenvalue weighted by atomic mass is 16.6. The van der Waals surface area contributed by atoms with Crippen LogP contribution in [0.3, 0.4) is 0 Å². The number of esters is 2. The maximum absolute atomic E-state index is 12.2. The fourth-order valence-electron chi connectivity index (χ4n) is 6.29. The minimum Gasteiger partial charge on any atom is -0.462 e. The van der Waals surface area contributed by atoms with Crippen molar-refractivity contribution in [3.05, 3.63) is 97.2 Å². The minimum atomic E-state index is -0.790. The monoisotopic (exact) mass is 805 g/mol. The molecule has 0 fully saturated rings. The number of carbonyl (C=O) groups is 2. The van der Waals surface area contributed by atoms with E-state index in [4.69, 9.17) is 9.47 Å². The van der Waals surface area contributed by atoms with Crippen molar-refractivity contribution in [1.29, 1.82) is 0 Å². The smallest absolute Gasteiger partial charge is 0.306 e. The Hall–Kier alpha value is -3.18. The molecule has 58 heavy (non-hydrogen) atoms. The van der Waals surface area contributed by atoms with Gasteiger partial charge < -0.3 is 14.6 Å². The summed E-state index contributed by atoms with van der Waals surface area (Å²) in [6, 6.07) is 0. The van der Waals surface area contributed by atoms with Crippen LogP contribution in [-0.4, -0.2) is 36.4 Å². The predicted octanol–water partition coefficient (Wildman–Crippen LogP) is 15.6. The molecule has 0 spiro atoms. The summed E-state index contributed by atoms with van der Waals surface area (Å²) < 4.78 is 10.6. The number of ether oxygens (including phenoxy) is 2. The Kier molecular flexibility index (Phi) is 45.5. The summed E-state index contributed by atoms with van der Waals surface area (Å²) in [6.45, 7) is 3.99. The average molecular weight is 805 g/mol. The number of hydrogen-bond acceptors (Lipinski definition) is 5. The van der Waals surface area contributed by atoms with E-state index in [1.807, 2.05) is 0 Å². The molecule has 0 aromatic carbocycles. The van der Waals surface area contributed by atoms with E-state index in [1.165, 1.54) is 83.5 Å². The normalized spacial score (nSPS) is 13.1. The van der Waals surface area contributed by atoms with Gasteiger partial charge in [0, 0.05) is 12.8 Å². The van der Waals surface area contributed by atoms with E-state index in [9.17, 15) is 14.7 Å². The molecule has 0 aromatic heterocycles. The fraction of sp³-hybridized carbons (Fsp3) is 0.660. The molecule has 0 radical (unpaired) electrons. The number of unbranched alkanes of at least 4 members (excludes halogenated alkanes) is 18. The molecule has 0 heterocycles. The number of allylic oxidation sites excluding steroid dienone is 16. The van der Waals surface area contributed by atoms with Gasteiger partial charge in [-0.05, 0) is 96.3 Å². The molecule has 1 unspecified atom stereocenters. The lowest BCUT2D eigenvalue weighted by Crippen LogP contribution is -2.28. The van der Waals surface area contributed by atoms with Crippen molar-refractivity contribution < 1.29 is 24.2 Å². The van der Waals surface area contributed by atoms with Gasteiger partial charge in [0.1, 0.15) is 6.61 Å². The van der Waals surface area contributed by atoms with Gasteiger partial charge in [-0.2, -0.15) is 0 Å². The lowest BCUT2D eigenvalue weighted by atomic mass is 10.1. The first kappa shape index (κ1) is 54.8. The third-order valence-electron chi connectivity index (χ3n) is 9.86. The largest absolute Gasteiger partial charge is 0.462 e. The number of aliphatic hydroxyl groups excluding tert-OH is 1. The molecule has 1 atom stereocenters. The molecule has 0 amide bonds. The van der Waals surface area contributed by atoms with Crippen molar-refractivity contribution in [3.63, 3.8) is 0 Å². The second kappa shape index (κ2) is 48.2. The molecule has 0 aliphatic rings. The summed E-state index contributed by atoms with van der Waals surface area (Å²) in [5.41, 5.74) is 0. The fourth-order valence-corrected chi connectivity index (χ4v) is 6.29. The van der Waals surface area contributed by atoms with Crippen molar-refractivity contribution in [3.8, 4) is 0 Å². The Morgan fingerprint density at radius 2 is 0.741 bits per heavy atom. The van der Waals surface area contributed by atoms with Crippen LogP contribution in [0.4, 0.5) is 0 Å². The minimum absolute atomic E-state index is 0.0830. The Morgan fingerprint density at radius 3 is 1.12 bits per heavy atom. The summed E-state index contributed by atoms with van der Waals surface area (Å²) in [5.74, 6) is -0.623. The lowest BCUT2D eigenvalue weighted by molar-refractivity contribution is -0.161. The number of rotatable bonds is 42. The summed E-state index contributed by atoms with van der Waals surface area (Å²) >= 11 is 0. The van der Waals surface area contributed by atoms with E-state index in [0.29, 0.717) is 12.8 Å². The Bertz CT molecular complexity index is 1140. The third-order valence-corrected chi connectivity index (χ3v) is 9.86. The standard InChI is InChI=1S/C53H88O5/c1-3-5-7-9-11-13-15-17-19-21-23-25-26-28-30-32-34-36-38-40-42-44-46-48-53(56)58-51(49-54)50-57-52(55)47-45-43-41-39-37-35-33-31-29-27-24-22-20-18-16-14-12-10-8-6-4-2/h5,7,11,13,16-19,22-25,28-31,51,54H,3-4,6,8-10,12,14-15,20-21,26-27,32-50H2,1-2H3/b7-5-,13-11-,18-16-,19-17-,24-22-,25-23-,30-28-,31-29-. The molecule has 0 rings (SSSR count). The first-order valence-electron chi connectivity index (χ1n) is 23.8. The zero-order chi connectivity index (χ0) is 42.1. The van der Waals surface area contributed by atoms with Crippen molar-refractivity contribution in [2.75, 3.05) is 13.2 Å². The highest BCUT2D eigenvalue weighted by Crippen LogP contribution is 2.13. The van der Waals surface area contributed by atoms with Gasteiger partial charge in [0.15, 0.2) is 6.10 Å². The van der Waals surface area contributed by atoms with Crippen molar-refractivity contribution in [2.45, 2.75) is 213 Å². The van der Waals surface area contributed by atoms with Gasteiger partial charge >= 0.3 is 11.9 Å². The molecule has 0 saturated heterocycles. The number of aliphatic hydroxyl groups is 1. The Morgan fingerprint density at radius 1 is 0.414 bits per heavy atom. The van der Waals surface area contributed by atoms with Gasteiger partial charge in [-0.15, -0.1) is 0 Å². The van der Waals surface area contributed by atoms with E-state index in [2.05, 4.69) is 111 Å². The molecule has 0 aromatic rings. The Balaban J connectivity index is 3.62. The van der Waals surface area contributed by atoms with Crippen LogP contribution < -0.4 is 0 Å². The van der Waals surface area contributed by atoms with Gasteiger partial charge in [0.2, 0.25) is 0 Å². The molecule has 5 nitrogen and oxygen atoms in total. The summed E-state index contributed by atoms with van der Waals surface area (Å²) in [4.78, 5) is 24.4. The second-order valence-electron chi connectivity index (χ2n) is 15.4. The molecule has 0 saturated carbocycles. The first-order valence-corrected chi connectivity index (χ1v) is 23.8. The zero-order valence-electron chi connectivity index (χ0n) is 37.5. The van der Waals surface area contributed by atoms with E-state index < -0.39 is 6.10 Å². The summed E-state index contributed by atoms with van der Waals surface area (Å²) in [5, 5.41) is 9.61. The van der Waals surface area contributed by atoms with E-state index >= 15 is 0 Å². The van der Waals surface area contributed by atoms with Crippen molar-refractivity contribution >= 4 is 11.9 Å². The second-order valence-corrected chi connectivity index (χ2v) is 15.4. The van der Waals surface area contributed by atoms with E-state index in [0.717, 1.165) is 96.3 Å². The van der Waals surface area contributed by atoms with Gasteiger partial charge in [-0.1, -0.05) is 195 Å². The number of hydrogen-bond donors (Lipinski definition) is 1. The molecule has 5 heteroatoms. The van der Waals surface area contributed by atoms with Gasteiger partial charge in [0.05, 0.1) is 6.61 Å². The van der Waals surface area contributed by atoms with Gasteiger partial charge in [0.25, 0.3) is 0 Å². The highest BCUT2D eigenvalue weighted by Gasteiger charge is 2.16. The van der Waals surface area contributed by atoms with Crippen LogP contribution in [0.5, 0.6) is 0 Å². The van der Waals surface area contributed by atoms with Crippen LogP contribution in [0.2, 0.25) is 0 Å². The van der Waals surface area contributed by atoms with Crippen molar-refractivity contribution in [2.24, 2.45) is 0 Å². The summed E-state index contributed by atoms with van der Waals surface area (Å²) in [6.07, 6.45) is 67.6. The maximum Gasteiger partial charge on any atom is 0.306 e. The van der Waals surface area contributed by atoms with Crippen LogP contribution in [0.25, 0.3) is 0 Å². The maximum atomic E-state index is 12.2. The number of carbonyl (C=O) groups excluding carboxylic acids is 2. The van der Waals surface area contributed by atoms with Crippen LogP contribution in [0.15, 0.2) is 97.2 Å². The van der Waals surface area contributed by atoms with E-state index in [1.54, 1.807) is 0 Å². The first-order chi connectivity index (χ1) is 28.6. The zero-order valence-corrected chi connectivity index (χ0v) is 37.5. The van der Waals surface area contributed by atoms with E-state index in [-0.39, 0.29) is 25.2 Å². The molecule has 0 aliphatic carbocycles. The average Bonchev–Trinajstić information content (AvgIpc) is 3.23. The topological polar surface area (TPSA) is 72.8 Å². The van der Waals surface area contributed by atoms with Crippen LogP contribution in [0.1, 0.15) is 206 Å². The van der Waals surface area contributed by atoms with Crippen molar-refractivity contribution in [1.82, 2.24) is 0 Å². The Labute approximate surface area is 358 Å². The SMILES string of the molecule is CC/C=C\C/C=C\C/C=C\C/C=C\C/C=C\CCCCCCCCCC(=O)OC(CO)COC(=O)CCCCCCCC/C=C\C/C=C\C/C=C\CCCCCCC. The third kappa shape index (κ3) is 45.5. The molecule has 1 N–H and O–H groups in total. The molecular formula is C53H88O5. The molecule has 0 bridgehead atoms. The molecule has 0 aliphatic heterocycles. The molecule has 330 valence electrons. The van der Waals surface area contributed by atoms with Crippen LogP contribution >= 0.6 is 0 Å². The predicted molar refractivity (Wildman–Crippen MR) is 251 cm³/mol. The van der Waals surface area contributed by atoms with Crippen LogP contribution in [-0.2, 0) is 19.1 Å². The van der Waals surface area contributed by atoms with Gasteiger partial charge in [-0.3, -0.25) is 9.59 Å². The van der Waals surface area contributed by atoms with Gasteiger partial charge in [-0.25, -0.2) is 0 Å².